The van der Waals surface area contributed by atoms with Crippen molar-refractivity contribution in [1.29, 1.82) is 0 Å². The number of hydrogen-bond donors (Lipinski definition) is 1. The predicted molar refractivity (Wildman–Crippen MR) is 175 cm³/mol. The Morgan fingerprint density at radius 2 is 1.39 bits per heavy atom. The van der Waals surface area contributed by atoms with Crippen LogP contribution in [0.1, 0.15) is 108 Å². The van der Waals surface area contributed by atoms with Crippen LogP contribution < -0.4 is 0 Å². The summed E-state index contributed by atoms with van der Waals surface area (Å²) in [6.07, 6.45) is 19.7. The average molecular weight is 620 g/mol. The van der Waals surface area contributed by atoms with Crippen LogP contribution in [0, 0.1) is 6.92 Å². The number of halogens is 3. The number of hydrogen-bond acceptors (Lipinski definition) is 3. The summed E-state index contributed by atoms with van der Waals surface area (Å²) in [7, 11) is 0. The van der Waals surface area contributed by atoms with Crippen LogP contribution in [-0.2, 0) is 4.74 Å². The fraction of sp³-hybridized carbons (Fsp3) is 0.500. The molecule has 0 amide bonds. The Balaban J connectivity index is 1.45. The van der Waals surface area contributed by atoms with Crippen molar-refractivity contribution in [3.05, 3.63) is 80.9 Å². The maximum Gasteiger partial charge on any atom is 0.200 e. The Labute approximate surface area is 261 Å². The highest BCUT2D eigenvalue weighted by Crippen LogP contribution is 2.35. The van der Waals surface area contributed by atoms with Crippen molar-refractivity contribution in [1.82, 2.24) is 9.78 Å². The molecule has 0 aliphatic heterocycles. The van der Waals surface area contributed by atoms with E-state index in [2.05, 4.69) is 19.1 Å². The van der Waals surface area contributed by atoms with Crippen LogP contribution in [0.4, 0.5) is 0 Å². The van der Waals surface area contributed by atoms with Crippen LogP contribution in [0.5, 0.6) is 0 Å². The molecule has 0 spiro atoms. The number of rotatable bonds is 19. The van der Waals surface area contributed by atoms with E-state index in [1.165, 1.54) is 70.6 Å². The van der Waals surface area contributed by atoms with E-state index >= 15 is 0 Å². The number of aliphatic hydroxyl groups excluding tert-OH is 1. The number of nitrogens with zero attached hydrogens (tertiary/aromatic N) is 2. The van der Waals surface area contributed by atoms with Crippen LogP contribution in [0.2, 0.25) is 15.1 Å². The SMILES string of the molecule is CCCCCCC/C=C/CCCCCCCCOC(O)c1nn(-c2ccc(Cl)cc2Cl)c(-c2ccc(Cl)cc2)c1C. The maximum atomic E-state index is 10.9. The van der Waals surface area contributed by atoms with Gasteiger partial charge in [-0.3, -0.25) is 0 Å². The van der Waals surface area contributed by atoms with Crippen molar-refractivity contribution in [2.45, 2.75) is 104 Å². The van der Waals surface area contributed by atoms with Crippen LogP contribution in [0.15, 0.2) is 54.6 Å². The van der Waals surface area contributed by atoms with Crippen molar-refractivity contribution < 1.29 is 9.84 Å². The minimum Gasteiger partial charge on any atom is -0.363 e. The molecule has 1 N–H and O–H groups in total. The van der Waals surface area contributed by atoms with Gasteiger partial charge in [0.1, 0.15) is 5.69 Å². The fourth-order valence-corrected chi connectivity index (χ4v) is 5.58. The Kier molecular flexibility index (Phi) is 15.3. The van der Waals surface area contributed by atoms with Gasteiger partial charge in [-0.05, 0) is 69.4 Å². The van der Waals surface area contributed by atoms with Crippen molar-refractivity contribution in [2.75, 3.05) is 6.61 Å². The van der Waals surface area contributed by atoms with Gasteiger partial charge in [0, 0.05) is 21.2 Å². The van der Waals surface area contributed by atoms with E-state index in [1.54, 1.807) is 16.8 Å². The van der Waals surface area contributed by atoms with E-state index in [1.807, 2.05) is 37.3 Å². The minimum absolute atomic E-state index is 0.464. The molecule has 0 radical (unpaired) electrons. The first kappa shape index (κ1) is 33.7. The molecule has 4 nitrogen and oxygen atoms in total. The van der Waals surface area contributed by atoms with Gasteiger partial charge in [0.15, 0.2) is 0 Å². The summed E-state index contributed by atoms with van der Waals surface area (Å²) >= 11 is 18.8. The maximum absolute atomic E-state index is 10.9. The second kappa shape index (κ2) is 18.7. The number of allylic oxidation sites excluding steroid dienone is 2. The molecule has 41 heavy (non-hydrogen) atoms. The molecular weight excluding hydrogens is 575 g/mol. The number of unbranched alkanes of at least 4 members (excludes halogenated alkanes) is 11. The quantitative estimate of drug-likeness (QED) is 0.0825. The molecule has 1 aromatic heterocycles. The van der Waals surface area contributed by atoms with Gasteiger partial charge < -0.3 is 9.84 Å². The monoisotopic (exact) mass is 618 g/mol. The highest BCUT2D eigenvalue weighted by atomic mass is 35.5. The molecule has 2 aromatic carbocycles. The minimum atomic E-state index is -1.13. The average Bonchev–Trinajstić information content (AvgIpc) is 3.29. The van der Waals surface area contributed by atoms with Crippen LogP contribution >= 0.6 is 34.8 Å². The second-order valence-electron chi connectivity index (χ2n) is 10.7. The first-order chi connectivity index (χ1) is 19.9. The zero-order valence-corrected chi connectivity index (χ0v) is 26.8. The van der Waals surface area contributed by atoms with Crippen molar-refractivity contribution in [2.24, 2.45) is 0 Å². The summed E-state index contributed by atoms with van der Waals surface area (Å²) in [6, 6.07) is 12.8. The lowest BCUT2D eigenvalue weighted by atomic mass is 10.1. The van der Waals surface area contributed by atoms with Crippen LogP contribution in [0.25, 0.3) is 16.9 Å². The molecule has 3 rings (SSSR count). The highest BCUT2D eigenvalue weighted by Gasteiger charge is 2.24. The lowest BCUT2D eigenvalue weighted by Crippen LogP contribution is -2.07. The van der Waals surface area contributed by atoms with Crippen LogP contribution in [0.3, 0.4) is 0 Å². The van der Waals surface area contributed by atoms with E-state index in [0.29, 0.717) is 33.1 Å². The van der Waals surface area contributed by atoms with Gasteiger partial charge in [0.05, 0.1) is 23.0 Å². The smallest absolute Gasteiger partial charge is 0.200 e. The first-order valence-corrected chi connectivity index (χ1v) is 16.3. The number of aromatic nitrogens is 2. The lowest BCUT2D eigenvalue weighted by molar-refractivity contribution is -0.107. The third-order valence-corrected chi connectivity index (χ3v) is 8.12. The second-order valence-corrected chi connectivity index (χ2v) is 12.0. The number of aliphatic hydroxyl groups is 1. The third kappa shape index (κ3) is 11.1. The summed E-state index contributed by atoms with van der Waals surface area (Å²) in [5.74, 6) is 0. The fourth-order valence-electron chi connectivity index (χ4n) is 4.97. The standard InChI is InChI=1S/C34H45Cl3N2O2/c1-3-4-5-6-7-8-9-10-11-12-13-14-15-16-17-24-41-34(40)32-26(2)33(27-18-20-28(35)21-19-27)39(38-32)31-23-22-29(36)25-30(31)37/h9-10,18-23,25,34,40H,3-8,11-17,24H2,1-2H3/b10-9+. The van der Waals surface area contributed by atoms with E-state index in [-0.39, 0.29) is 0 Å². The molecule has 0 saturated heterocycles. The lowest BCUT2D eigenvalue weighted by Gasteiger charge is -2.11. The Morgan fingerprint density at radius 1 is 0.805 bits per heavy atom. The molecule has 0 bridgehead atoms. The highest BCUT2D eigenvalue weighted by molar-refractivity contribution is 6.35. The zero-order valence-electron chi connectivity index (χ0n) is 24.6. The van der Waals surface area contributed by atoms with Crippen molar-refractivity contribution in [3.8, 4) is 16.9 Å². The Morgan fingerprint density at radius 3 is 2.02 bits per heavy atom. The summed E-state index contributed by atoms with van der Waals surface area (Å²) < 4.78 is 7.56. The van der Waals surface area contributed by atoms with E-state index < -0.39 is 6.29 Å². The van der Waals surface area contributed by atoms with Gasteiger partial charge in [-0.1, -0.05) is 117 Å². The molecule has 0 saturated carbocycles. The van der Waals surface area contributed by atoms with Crippen molar-refractivity contribution in [3.63, 3.8) is 0 Å². The van der Waals surface area contributed by atoms with E-state index in [4.69, 9.17) is 44.6 Å². The molecule has 7 heteroatoms. The van der Waals surface area contributed by atoms with E-state index in [0.717, 1.165) is 29.7 Å². The van der Waals surface area contributed by atoms with Crippen LogP contribution in [-0.4, -0.2) is 21.5 Å². The summed E-state index contributed by atoms with van der Waals surface area (Å²) in [6.45, 7) is 4.67. The summed E-state index contributed by atoms with van der Waals surface area (Å²) in [4.78, 5) is 0. The molecule has 1 unspecified atom stereocenters. The number of ether oxygens (including phenoxy) is 1. The van der Waals surface area contributed by atoms with Gasteiger partial charge in [-0.2, -0.15) is 5.10 Å². The van der Waals surface area contributed by atoms with Gasteiger partial charge in [0.25, 0.3) is 0 Å². The molecule has 1 heterocycles. The molecule has 0 fully saturated rings. The summed E-state index contributed by atoms with van der Waals surface area (Å²) in [5.41, 5.74) is 3.67. The van der Waals surface area contributed by atoms with Crippen molar-refractivity contribution >= 4 is 34.8 Å². The molecule has 0 aliphatic carbocycles. The predicted octanol–water partition coefficient (Wildman–Crippen LogP) is 11.5. The van der Waals surface area contributed by atoms with Gasteiger partial charge in [-0.15, -0.1) is 0 Å². The molecule has 3 aromatic rings. The Bertz CT molecular complexity index is 1210. The van der Waals surface area contributed by atoms with Gasteiger partial charge in [0.2, 0.25) is 6.29 Å². The zero-order chi connectivity index (χ0) is 29.5. The molecule has 0 aliphatic rings. The summed E-state index contributed by atoms with van der Waals surface area (Å²) in [5, 5.41) is 17.3. The van der Waals surface area contributed by atoms with E-state index in [9.17, 15) is 5.11 Å². The number of benzene rings is 2. The molecular formula is C34H45Cl3N2O2. The molecule has 224 valence electrons. The van der Waals surface area contributed by atoms with Gasteiger partial charge >= 0.3 is 0 Å². The first-order valence-electron chi connectivity index (χ1n) is 15.2. The largest absolute Gasteiger partial charge is 0.363 e. The normalized spacial score (nSPS) is 12.4. The topological polar surface area (TPSA) is 47.3 Å². The Hall–Kier alpha value is -1.82. The molecule has 1 atom stereocenters. The van der Waals surface area contributed by atoms with Gasteiger partial charge in [-0.25, -0.2) is 4.68 Å². The third-order valence-electron chi connectivity index (χ3n) is 7.33.